The first kappa shape index (κ1) is 16.3. The second-order valence-corrected chi connectivity index (χ2v) is 6.04. The van der Waals surface area contributed by atoms with Crippen LogP contribution in [0, 0.1) is 5.82 Å². The van der Waals surface area contributed by atoms with Crippen molar-refractivity contribution in [2.45, 2.75) is 25.4 Å². The fourth-order valence-electron chi connectivity index (χ4n) is 2.46. The van der Waals surface area contributed by atoms with E-state index in [2.05, 4.69) is 0 Å². The Morgan fingerprint density at radius 1 is 1.23 bits per heavy atom. The maximum Gasteiger partial charge on any atom is 0.405 e. The third-order valence-electron chi connectivity index (χ3n) is 3.61. The molecule has 0 aliphatic rings. The molecule has 116 valence electrons. The van der Waals surface area contributed by atoms with Gasteiger partial charge in [0, 0.05) is 10.4 Å². The van der Waals surface area contributed by atoms with E-state index in [0.717, 1.165) is 5.56 Å². The quantitative estimate of drug-likeness (QED) is 0.895. The first-order valence-electron chi connectivity index (χ1n) is 6.78. The number of nitrogens with two attached hydrogens (primary N) is 1. The van der Waals surface area contributed by atoms with E-state index in [1.165, 1.54) is 12.1 Å². The van der Waals surface area contributed by atoms with Crippen molar-refractivity contribution in [3.8, 4) is 0 Å². The van der Waals surface area contributed by atoms with Crippen LogP contribution in [0.1, 0.15) is 31.1 Å². The van der Waals surface area contributed by atoms with Gasteiger partial charge in [-0.3, -0.25) is 0 Å². The summed E-state index contributed by atoms with van der Waals surface area (Å²) >= 11 is 6.04. The van der Waals surface area contributed by atoms with E-state index in [9.17, 15) is 9.18 Å². The molecular formula is C17H17ClFNO2. The summed E-state index contributed by atoms with van der Waals surface area (Å²) in [4.78, 5) is 11.3. The first-order valence-corrected chi connectivity index (χ1v) is 7.16. The Hall–Kier alpha value is -2.07. The van der Waals surface area contributed by atoms with Crippen molar-refractivity contribution >= 4 is 17.7 Å². The highest BCUT2D eigenvalue weighted by Gasteiger charge is 2.35. The zero-order valence-corrected chi connectivity index (χ0v) is 13.1. The van der Waals surface area contributed by atoms with E-state index in [1.807, 2.05) is 26.0 Å². The molecule has 0 spiro atoms. The summed E-state index contributed by atoms with van der Waals surface area (Å²) in [7, 11) is 0. The number of ether oxygens (including phenoxy) is 1. The fraction of sp³-hybridized carbons (Fsp3) is 0.235. The van der Waals surface area contributed by atoms with Crippen LogP contribution in [0.4, 0.5) is 9.18 Å². The average Bonchev–Trinajstić information content (AvgIpc) is 2.44. The minimum Gasteiger partial charge on any atom is -0.441 e. The smallest absolute Gasteiger partial charge is 0.405 e. The van der Waals surface area contributed by atoms with Gasteiger partial charge in [0.15, 0.2) is 0 Å². The van der Waals surface area contributed by atoms with Crippen LogP contribution in [0.15, 0.2) is 48.5 Å². The molecule has 0 bridgehead atoms. The standard InChI is InChI=1S/C17H17ClFNO2/c1-17(2,12-6-4-7-13(18)10-12)15(22-16(20)21)11-5-3-8-14(19)9-11/h3-10,15H,1-2H3,(H2,20,21). The van der Waals surface area contributed by atoms with Crippen molar-refractivity contribution in [3.63, 3.8) is 0 Å². The van der Waals surface area contributed by atoms with E-state index in [4.69, 9.17) is 22.1 Å². The van der Waals surface area contributed by atoms with Gasteiger partial charge in [0.1, 0.15) is 11.9 Å². The normalized spacial score (nSPS) is 12.7. The van der Waals surface area contributed by atoms with E-state index in [-0.39, 0.29) is 0 Å². The Morgan fingerprint density at radius 3 is 2.50 bits per heavy atom. The highest BCUT2D eigenvalue weighted by molar-refractivity contribution is 6.30. The van der Waals surface area contributed by atoms with Gasteiger partial charge in [-0.2, -0.15) is 0 Å². The zero-order valence-electron chi connectivity index (χ0n) is 12.3. The van der Waals surface area contributed by atoms with Gasteiger partial charge >= 0.3 is 6.09 Å². The lowest BCUT2D eigenvalue weighted by Gasteiger charge is -2.34. The molecule has 0 heterocycles. The Labute approximate surface area is 133 Å². The molecule has 2 rings (SSSR count). The lowest BCUT2D eigenvalue weighted by atomic mass is 9.76. The fourth-order valence-corrected chi connectivity index (χ4v) is 2.65. The molecule has 5 heteroatoms. The Kier molecular flexibility index (Phi) is 4.71. The zero-order chi connectivity index (χ0) is 16.3. The molecule has 2 aromatic carbocycles. The summed E-state index contributed by atoms with van der Waals surface area (Å²) in [5, 5.41) is 0.572. The van der Waals surface area contributed by atoms with Gasteiger partial charge in [0.25, 0.3) is 0 Å². The van der Waals surface area contributed by atoms with Crippen LogP contribution in [0.5, 0.6) is 0 Å². The molecule has 1 amide bonds. The maximum absolute atomic E-state index is 13.5. The maximum atomic E-state index is 13.5. The van der Waals surface area contributed by atoms with E-state index >= 15 is 0 Å². The summed E-state index contributed by atoms with van der Waals surface area (Å²) in [6.45, 7) is 3.77. The van der Waals surface area contributed by atoms with Crippen LogP contribution in [-0.2, 0) is 10.2 Å². The number of carbonyl (C=O) groups excluding carboxylic acids is 1. The number of hydrogen-bond donors (Lipinski definition) is 1. The molecule has 0 aromatic heterocycles. The van der Waals surface area contributed by atoms with Crippen LogP contribution in [0.3, 0.4) is 0 Å². The number of amides is 1. The number of halogens is 2. The van der Waals surface area contributed by atoms with Crippen molar-refractivity contribution in [1.29, 1.82) is 0 Å². The van der Waals surface area contributed by atoms with Gasteiger partial charge in [-0.15, -0.1) is 0 Å². The third-order valence-corrected chi connectivity index (χ3v) is 3.84. The monoisotopic (exact) mass is 321 g/mol. The summed E-state index contributed by atoms with van der Waals surface area (Å²) in [6, 6.07) is 13.2. The molecule has 3 nitrogen and oxygen atoms in total. The Balaban J connectivity index is 2.50. The van der Waals surface area contributed by atoms with Gasteiger partial charge in [-0.25, -0.2) is 9.18 Å². The predicted octanol–water partition coefficient (Wildman–Crippen LogP) is 4.59. The van der Waals surface area contributed by atoms with Crippen LogP contribution < -0.4 is 5.73 Å². The Bertz CT molecular complexity index is 688. The van der Waals surface area contributed by atoms with Gasteiger partial charge in [0.05, 0.1) is 0 Å². The molecular weight excluding hydrogens is 305 g/mol. The van der Waals surface area contributed by atoms with E-state index < -0.39 is 23.4 Å². The molecule has 1 unspecified atom stereocenters. The predicted molar refractivity (Wildman–Crippen MR) is 84.3 cm³/mol. The van der Waals surface area contributed by atoms with Gasteiger partial charge < -0.3 is 10.5 Å². The molecule has 0 fully saturated rings. The minimum absolute atomic E-state index is 0.405. The van der Waals surface area contributed by atoms with Crippen molar-refractivity contribution in [1.82, 2.24) is 0 Å². The molecule has 2 N–H and O–H groups in total. The van der Waals surface area contributed by atoms with Crippen LogP contribution in [0.25, 0.3) is 0 Å². The number of hydrogen-bond acceptors (Lipinski definition) is 2. The largest absolute Gasteiger partial charge is 0.441 e. The lowest BCUT2D eigenvalue weighted by Crippen LogP contribution is -2.32. The summed E-state index contributed by atoms with van der Waals surface area (Å²) in [5.74, 6) is -0.405. The Morgan fingerprint density at radius 2 is 1.91 bits per heavy atom. The van der Waals surface area contributed by atoms with Crippen molar-refractivity contribution in [2.75, 3.05) is 0 Å². The summed E-state index contributed by atoms with van der Waals surface area (Å²) < 4.78 is 18.8. The van der Waals surface area contributed by atoms with E-state index in [1.54, 1.807) is 24.3 Å². The number of primary amides is 1. The summed E-state index contributed by atoms with van der Waals surface area (Å²) in [5.41, 5.74) is 5.94. The average molecular weight is 322 g/mol. The van der Waals surface area contributed by atoms with Crippen LogP contribution in [-0.4, -0.2) is 6.09 Å². The lowest BCUT2D eigenvalue weighted by molar-refractivity contribution is 0.0619. The van der Waals surface area contributed by atoms with Crippen molar-refractivity contribution in [3.05, 3.63) is 70.5 Å². The topological polar surface area (TPSA) is 52.3 Å². The van der Waals surface area contributed by atoms with Gasteiger partial charge in [-0.1, -0.05) is 49.7 Å². The highest BCUT2D eigenvalue weighted by atomic mass is 35.5. The SMILES string of the molecule is CC(C)(c1cccc(Cl)c1)C(OC(N)=O)c1cccc(F)c1. The summed E-state index contributed by atoms with van der Waals surface area (Å²) in [6.07, 6.45) is -1.65. The molecule has 2 aromatic rings. The van der Waals surface area contributed by atoms with Crippen molar-refractivity contribution in [2.24, 2.45) is 5.73 Å². The van der Waals surface area contributed by atoms with Crippen LogP contribution >= 0.6 is 11.6 Å². The number of carbonyl (C=O) groups is 1. The molecule has 0 radical (unpaired) electrons. The first-order chi connectivity index (χ1) is 10.3. The molecule has 1 atom stereocenters. The number of rotatable bonds is 4. The van der Waals surface area contributed by atoms with Crippen molar-refractivity contribution < 1.29 is 13.9 Å². The molecule has 0 saturated heterocycles. The minimum atomic E-state index is -0.913. The molecule has 22 heavy (non-hydrogen) atoms. The molecule has 0 aliphatic carbocycles. The van der Waals surface area contributed by atoms with Gasteiger partial charge in [-0.05, 0) is 35.4 Å². The second kappa shape index (κ2) is 6.36. The van der Waals surface area contributed by atoms with Crippen LogP contribution in [0.2, 0.25) is 5.02 Å². The third kappa shape index (κ3) is 3.57. The van der Waals surface area contributed by atoms with E-state index in [0.29, 0.717) is 10.6 Å². The second-order valence-electron chi connectivity index (χ2n) is 5.60. The molecule has 0 saturated carbocycles. The highest BCUT2D eigenvalue weighted by Crippen LogP contribution is 2.40. The molecule has 0 aliphatic heterocycles. The van der Waals surface area contributed by atoms with Gasteiger partial charge in [0.2, 0.25) is 0 Å². The number of benzene rings is 2.